The minimum Gasteiger partial charge on any atom is -0.383 e. The zero-order valence-corrected chi connectivity index (χ0v) is 12.8. The van der Waals surface area contributed by atoms with Crippen molar-refractivity contribution in [3.05, 3.63) is 0 Å². The lowest BCUT2D eigenvalue weighted by Gasteiger charge is -2.38. The summed E-state index contributed by atoms with van der Waals surface area (Å²) in [4.78, 5) is 2.37. The van der Waals surface area contributed by atoms with Crippen molar-refractivity contribution in [1.82, 2.24) is 4.90 Å². The van der Waals surface area contributed by atoms with Crippen molar-refractivity contribution in [2.45, 2.75) is 51.0 Å². The summed E-state index contributed by atoms with van der Waals surface area (Å²) in [6.45, 7) is 7.16. The lowest BCUT2D eigenvalue weighted by Crippen LogP contribution is -2.54. The van der Waals surface area contributed by atoms with Crippen LogP contribution in [0.4, 0.5) is 0 Å². The predicted octanol–water partition coefficient (Wildman–Crippen LogP) is 0.865. The highest BCUT2D eigenvalue weighted by Crippen LogP contribution is 2.25. The van der Waals surface area contributed by atoms with Gasteiger partial charge in [-0.2, -0.15) is 0 Å². The molecule has 0 aromatic carbocycles. The molecule has 114 valence electrons. The van der Waals surface area contributed by atoms with Gasteiger partial charge in [-0.15, -0.1) is 0 Å². The van der Waals surface area contributed by atoms with Gasteiger partial charge < -0.3 is 19.9 Å². The van der Waals surface area contributed by atoms with Crippen molar-refractivity contribution in [2.24, 2.45) is 5.73 Å². The Morgan fingerprint density at radius 1 is 1.32 bits per heavy atom. The molecule has 2 N–H and O–H groups in total. The third kappa shape index (κ3) is 5.00. The summed E-state index contributed by atoms with van der Waals surface area (Å²) in [5.74, 6) is 0. The van der Waals surface area contributed by atoms with Crippen LogP contribution in [0.1, 0.15) is 26.7 Å². The molecule has 4 atom stereocenters. The average Bonchev–Trinajstić information content (AvgIpc) is 2.81. The molecule has 1 aliphatic rings. The Hall–Kier alpha value is -0.200. The maximum absolute atomic E-state index is 6.00. The van der Waals surface area contributed by atoms with Gasteiger partial charge in [0.2, 0.25) is 0 Å². The number of ether oxygens (including phenoxy) is 3. The molecule has 0 saturated carbocycles. The Bertz CT molecular complexity index is 241. The molecule has 1 aliphatic heterocycles. The van der Waals surface area contributed by atoms with Gasteiger partial charge in [0.05, 0.1) is 25.4 Å². The maximum atomic E-state index is 6.00. The molecule has 1 heterocycles. The van der Waals surface area contributed by atoms with E-state index < -0.39 is 0 Å². The first-order valence-electron chi connectivity index (χ1n) is 7.23. The van der Waals surface area contributed by atoms with E-state index in [9.17, 15) is 0 Å². The molecule has 0 aliphatic carbocycles. The zero-order chi connectivity index (χ0) is 14.3. The van der Waals surface area contributed by atoms with Crippen LogP contribution < -0.4 is 5.73 Å². The van der Waals surface area contributed by atoms with E-state index in [4.69, 9.17) is 19.9 Å². The Labute approximate surface area is 117 Å². The molecule has 19 heavy (non-hydrogen) atoms. The van der Waals surface area contributed by atoms with E-state index in [1.807, 2.05) is 0 Å². The van der Waals surface area contributed by atoms with E-state index in [1.54, 1.807) is 14.2 Å². The van der Waals surface area contributed by atoms with Crippen LogP contribution in [0.5, 0.6) is 0 Å². The predicted molar refractivity (Wildman–Crippen MR) is 76.3 cm³/mol. The summed E-state index contributed by atoms with van der Waals surface area (Å²) in [5.41, 5.74) is 6.00. The third-order valence-corrected chi connectivity index (χ3v) is 3.89. The second kappa shape index (κ2) is 8.87. The smallest absolute Gasteiger partial charge is 0.0747 e. The number of rotatable bonds is 9. The fourth-order valence-corrected chi connectivity index (χ4v) is 2.86. The van der Waals surface area contributed by atoms with E-state index in [0.29, 0.717) is 31.9 Å². The van der Waals surface area contributed by atoms with E-state index in [0.717, 1.165) is 19.4 Å². The van der Waals surface area contributed by atoms with Crippen LogP contribution in [0.3, 0.4) is 0 Å². The molecular weight excluding hydrogens is 244 g/mol. The molecule has 4 unspecified atom stereocenters. The number of methoxy groups -OCH3 is 2. The molecule has 0 bridgehead atoms. The Balaban J connectivity index is 2.67. The van der Waals surface area contributed by atoms with Crippen LogP contribution in [-0.2, 0) is 14.2 Å². The molecule has 5 heteroatoms. The fraction of sp³-hybridized carbons (Fsp3) is 1.00. The lowest BCUT2D eigenvalue weighted by atomic mass is 10.0. The summed E-state index contributed by atoms with van der Waals surface area (Å²) >= 11 is 0. The monoisotopic (exact) mass is 274 g/mol. The summed E-state index contributed by atoms with van der Waals surface area (Å²) in [6, 6.07) is 0.554. The SMILES string of the molecule is COCCN(C(C)COC)C(CN)C1CCC(C)O1. The first-order valence-corrected chi connectivity index (χ1v) is 7.23. The molecule has 0 spiro atoms. The summed E-state index contributed by atoms with van der Waals surface area (Å²) in [5, 5.41) is 0. The van der Waals surface area contributed by atoms with Gasteiger partial charge in [0, 0.05) is 39.4 Å². The summed E-state index contributed by atoms with van der Waals surface area (Å²) < 4.78 is 16.5. The zero-order valence-electron chi connectivity index (χ0n) is 12.8. The molecule has 0 amide bonds. The first kappa shape index (κ1) is 16.9. The average molecular weight is 274 g/mol. The van der Waals surface area contributed by atoms with Crippen molar-refractivity contribution >= 4 is 0 Å². The van der Waals surface area contributed by atoms with E-state index >= 15 is 0 Å². The van der Waals surface area contributed by atoms with Crippen molar-refractivity contribution < 1.29 is 14.2 Å². The number of hydrogen-bond donors (Lipinski definition) is 1. The maximum Gasteiger partial charge on any atom is 0.0747 e. The largest absolute Gasteiger partial charge is 0.383 e. The van der Waals surface area contributed by atoms with Crippen molar-refractivity contribution in [2.75, 3.05) is 40.5 Å². The Morgan fingerprint density at radius 2 is 2.05 bits per heavy atom. The minimum absolute atomic E-state index is 0.233. The molecule has 1 fully saturated rings. The van der Waals surface area contributed by atoms with Crippen molar-refractivity contribution in [3.8, 4) is 0 Å². The van der Waals surface area contributed by atoms with Crippen molar-refractivity contribution in [1.29, 1.82) is 0 Å². The fourth-order valence-electron chi connectivity index (χ4n) is 2.86. The van der Waals surface area contributed by atoms with Gasteiger partial charge >= 0.3 is 0 Å². The number of nitrogens with zero attached hydrogens (tertiary/aromatic N) is 1. The molecular formula is C14H30N2O3. The number of nitrogens with two attached hydrogens (primary N) is 1. The highest BCUT2D eigenvalue weighted by atomic mass is 16.5. The standard InChI is InChI=1S/C14H30N2O3/c1-11(10-18-4)16(7-8-17-3)13(9-15)14-6-5-12(2)19-14/h11-14H,5-10,15H2,1-4H3. The van der Waals surface area contributed by atoms with Gasteiger partial charge in [0.1, 0.15) is 0 Å². The number of hydrogen-bond acceptors (Lipinski definition) is 5. The van der Waals surface area contributed by atoms with Crippen LogP contribution in [0.25, 0.3) is 0 Å². The summed E-state index contributed by atoms with van der Waals surface area (Å²) in [6.07, 6.45) is 2.79. The van der Waals surface area contributed by atoms with Gasteiger partial charge in [-0.1, -0.05) is 0 Å². The second-order valence-corrected chi connectivity index (χ2v) is 5.40. The minimum atomic E-state index is 0.233. The molecule has 0 radical (unpaired) electrons. The molecule has 1 saturated heterocycles. The van der Waals surface area contributed by atoms with Crippen molar-refractivity contribution in [3.63, 3.8) is 0 Å². The highest BCUT2D eigenvalue weighted by molar-refractivity contribution is 4.88. The summed E-state index contributed by atoms with van der Waals surface area (Å²) in [7, 11) is 3.46. The van der Waals surface area contributed by atoms with Crippen LogP contribution >= 0.6 is 0 Å². The van der Waals surface area contributed by atoms with Crippen LogP contribution in [-0.4, -0.2) is 69.7 Å². The van der Waals surface area contributed by atoms with Crippen LogP contribution in [0.2, 0.25) is 0 Å². The first-order chi connectivity index (χ1) is 9.13. The van der Waals surface area contributed by atoms with E-state index in [2.05, 4.69) is 18.7 Å². The van der Waals surface area contributed by atoms with Gasteiger partial charge in [-0.3, -0.25) is 4.90 Å². The van der Waals surface area contributed by atoms with E-state index in [1.165, 1.54) is 0 Å². The Kier molecular flexibility index (Phi) is 7.87. The topological polar surface area (TPSA) is 57.0 Å². The third-order valence-electron chi connectivity index (χ3n) is 3.89. The highest BCUT2D eigenvalue weighted by Gasteiger charge is 2.34. The molecule has 1 rings (SSSR count). The van der Waals surface area contributed by atoms with Gasteiger partial charge in [-0.25, -0.2) is 0 Å². The lowest BCUT2D eigenvalue weighted by molar-refractivity contribution is -0.0331. The van der Waals surface area contributed by atoms with Gasteiger partial charge in [-0.05, 0) is 26.7 Å². The molecule has 0 aromatic rings. The molecule has 0 aromatic heterocycles. The quantitative estimate of drug-likeness (QED) is 0.676. The second-order valence-electron chi connectivity index (χ2n) is 5.40. The van der Waals surface area contributed by atoms with Gasteiger partial charge in [0.15, 0.2) is 0 Å². The normalized spacial score (nSPS) is 26.8. The Morgan fingerprint density at radius 3 is 2.53 bits per heavy atom. The molecule has 5 nitrogen and oxygen atoms in total. The van der Waals surface area contributed by atoms with E-state index in [-0.39, 0.29) is 12.1 Å². The van der Waals surface area contributed by atoms with Crippen LogP contribution in [0.15, 0.2) is 0 Å². The van der Waals surface area contributed by atoms with Crippen LogP contribution in [0, 0.1) is 0 Å². The van der Waals surface area contributed by atoms with Gasteiger partial charge in [0.25, 0.3) is 0 Å².